The Labute approximate surface area is 128 Å². The molecule has 5 heteroatoms. The van der Waals surface area contributed by atoms with E-state index in [0.29, 0.717) is 4.99 Å². The van der Waals surface area contributed by atoms with Crippen LogP contribution in [0, 0.1) is 6.92 Å². The van der Waals surface area contributed by atoms with Gasteiger partial charge in [0.2, 0.25) is 0 Å². The zero-order valence-corrected chi connectivity index (χ0v) is 12.8. The molecule has 0 bridgehead atoms. The van der Waals surface area contributed by atoms with Gasteiger partial charge in [0, 0.05) is 30.1 Å². The number of hydrogen-bond donors (Lipinski definition) is 1. The van der Waals surface area contributed by atoms with Crippen LogP contribution in [0.3, 0.4) is 0 Å². The van der Waals surface area contributed by atoms with Gasteiger partial charge in [0.1, 0.15) is 5.65 Å². The highest BCUT2D eigenvalue weighted by atomic mass is 32.1. The first-order chi connectivity index (χ1) is 10.1. The molecule has 0 spiro atoms. The van der Waals surface area contributed by atoms with E-state index >= 15 is 0 Å². The second kappa shape index (κ2) is 5.26. The zero-order chi connectivity index (χ0) is 15.0. The molecule has 0 aromatic carbocycles. The SMILES string of the molecule is Cc1cccn2c(C(C)C(N)=S)c(-c3ccncc3)nc12. The van der Waals surface area contributed by atoms with E-state index in [4.69, 9.17) is 22.9 Å². The van der Waals surface area contributed by atoms with Gasteiger partial charge in [-0.15, -0.1) is 0 Å². The van der Waals surface area contributed by atoms with Gasteiger partial charge >= 0.3 is 0 Å². The molecular formula is C16H16N4S. The number of pyridine rings is 2. The van der Waals surface area contributed by atoms with E-state index in [2.05, 4.69) is 9.38 Å². The second-order valence-corrected chi connectivity index (χ2v) is 5.56. The van der Waals surface area contributed by atoms with E-state index in [-0.39, 0.29) is 5.92 Å². The average molecular weight is 296 g/mol. The summed E-state index contributed by atoms with van der Waals surface area (Å²) in [5, 5.41) is 0. The summed E-state index contributed by atoms with van der Waals surface area (Å²) in [6.45, 7) is 4.06. The van der Waals surface area contributed by atoms with Crippen molar-refractivity contribution in [2.75, 3.05) is 0 Å². The zero-order valence-electron chi connectivity index (χ0n) is 11.9. The number of imidazole rings is 1. The Kier molecular flexibility index (Phi) is 3.43. The van der Waals surface area contributed by atoms with Crippen molar-refractivity contribution in [1.82, 2.24) is 14.4 Å². The molecule has 0 saturated carbocycles. The minimum absolute atomic E-state index is 0.0556. The molecule has 1 unspecified atom stereocenters. The van der Waals surface area contributed by atoms with Gasteiger partial charge in [-0.2, -0.15) is 0 Å². The largest absolute Gasteiger partial charge is 0.393 e. The summed E-state index contributed by atoms with van der Waals surface area (Å²) < 4.78 is 2.08. The predicted octanol–water partition coefficient (Wildman–Crippen LogP) is 3.09. The predicted molar refractivity (Wildman–Crippen MR) is 88.4 cm³/mol. The Morgan fingerprint density at radius 3 is 2.67 bits per heavy atom. The van der Waals surface area contributed by atoms with Crippen LogP contribution >= 0.6 is 12.2 Å². The molecule has 1 atom stereocenters. The van der Waals surface area contributed by atoms with E-state index in [1.54, 1.807) is 12.4 Å². The Balaban J connectivity index is 2.35. The van der Waals surface area contributed by atoms with Crippen LogP contribution in [0.4, 0.5) is 0 Å². The Morgan fingerprint density at radius 1 is 1.29 bits per heavy atom. The molecule has 3 rings (SSSR count). The molecule has 0 amide bonds. The minimum Gasteiger partial charge on any atom is -0.393 e. The maximum atomic E-state index is 5.88. The lowest BCUT2D eigenvalue weighted by molar-refractivity contribution is 0.928. The topological polar surface area (TPSA) is 56.2 Å². The number of rotatable bonds is 3. The molecule has 3 aromatic heterocycles. The molecule has 3 aromatic rings. The Hall–Kier alpha value is -2.27. The van der Waals surface area contributed by atoms with E-state index in [1.165, 1.54) is 0 Å². The molecule has 0 aliphatic rings. The van der Waals surface area contributed by atoms with Crippen molar-refractivity contribution in [2.45, 2.75) is 19.8 Å². The average Bonchev–Trinajstić information content (AvgIpc) is 2.88. The smallest absolute Gasteiger partial charge is 0.140 e. The van der Waals surface area contributed by atoms with Crippen molar-refractivity contribution < 1.29 is 0 Å². The van der Waals surface area contributed by atoms with Crippen LogP contribution in [0.2, 0.25) is 0 Å². The minimum atomic E-state index is -0.0556. The van der Waals surface area contributed by atoms with Crippen molar-refractivity contribution in [1.29, 1.82) is 0 Å². The molecule has 4 nitrogen and oxygen atoms in total. The number of aryl methyl sites for hydroxylation is 1. The summed E-state index contributed by atoms with van der Waals surface area (Å²) >= 11 is 5.20. The normalized spacial score (nSPS) is 12.5. The van der Waals surface area contributed by atoms with Crippen LogP contribution in [0.5, 0.6) is 0 Å². The molecule has 0 fully saturated rings. The standard InChI is InChI=1S/C16H16N4S/c1-10-4-3-9-20-14(11(2)15(17)21)13(19-16(10)20)12-5-7-18-8-6-12/h3-9,11H,1-2H3,(H2,17,21). The molecular weight excluding hydrogens is 280 g/mol. The molecule has 3 heterocycles. The van der Waals surface area contributed by atoms with E-state index in [1.807, 2.05) is 44.3 Å². The lowest BCUT2D eigenvalue weighted by Crippen LogP contribution is -2.18. The lowest BCUT2D eigenvalue weighted by atomic mass is 10.0. The van der Waals surface area contributed by atoms with E-state index in [9.17, 15) is 0 Å². The van der Waals surface area contributed by atoms with Gasteiger partial charge in [-0.05, 0) is 30.7 Å². The molecule has 2 N–H and O–H groups in total. The summed E-state index contributed by atoms with van der Waals surface area (Å²) in [4.78, 5) is 9.34. The number of hydrogen-bond acceptors (Lipinski definition) is 3. The fourth-order valence-electron chi connectivity index (χ4n) is 2.49. The van der Waals surface area contributed by atoms with Crippen LogP contribution in [0.15, 0.2) is 42.9 Å². The third-order valence-electron chi connectivity index (χ3n) is 3.67. The third kappa shape index (κ3) is 2.29. The number of fused-ring (bicyclic) bond motifs is 1. The Morgan fingerprint density at radius 2 is 2.00 bits per heavy atom. The van der Waals surface area contributed by atoms with Crippen molar-refractivity contribution >= 4 is 22.9 Å². The Bertz CT molecular complexity index is 808. The molecule has 21 heavy (non-hydrogen) atoms. The third-order valence-corrected chi connectivity index (χ3v) is 4.03. The fourth-order valence-corrected chi connectivity index (χ4v) is 2.60. The van der Waals surface area contributed by atoms with Crippen molar-refractivity contribution in [2.24, 2.45) is 5.73 Å². The van der Waals surface area contributed by atoms with Crippen LogP contribution in [-0.4, -0.2) is 19.4 Å². The second-order valence-electron chi connectivity index (χ2n) is 5.09. The molecule has 0 radical (unpaired) electrons. The van der Waals surface area contributed by atoms with Crippen molar-refractivity contribution in [3.63, 3.8) is 0 Å². The summed E-state index contributed by atoms with van der Waals surface area (Å²) in [5.74, 6) is -0.0556. The summed E-state index contributed by atoms with van der Waals surface area (Å²) in [6.07, 6.45) is 5.53. The highest BCUT2D eigenvalue weighted by Gasteiger charge is 2.21. The molecule has 106 valence electrons. The van der Waals surface area contributed by atoms with E-state index in [0.717, 1.165) is 28.2 Å². The van der Waals surface area contributed by atoms with Crippen molar-refractivity contribution in [3.8, 4) is 11.3 Å². The maximum absolute atomic E-state index is 5.88. The highest BCUT2D eigenvalue weighted by molar-refractivity contribution is 7.80. The lowest BCUT2D eigenvalue weighted by Gasteiger charge is -2.12. The van der Waals surface area contributed by atoms with Crippen LogP contribution in [-0.2, 0) is 0 Å². The first kappa shape index (κ1) is 13.7. The fraction of sp³-hybridized carbons (Fsp3) is 0.188. The van der Waals surface area contributed by atoms with E-state index < -0.39 is 0 Å². The highest BCUT2D eigenvalue weighted by Crippen LogP contribution is 2.30. The first-order valence-corrected chi connectivity index (χ1v) is 7.17. The summed E-state index contributed by atoms with van der Waals surface area (Å²) in [6, 6.07) is 7.96. The summed E-state index contributed by atoms with van der Waals surface area (Å²) in [5.41, 5.74) is 10.9. The number of nitrogens with two attached hydrogens (primary N) is 1. The molecule has 0 saturated heterocycles. The molecule has 0 aliphatic heterocycles. The van der Waals surface area contributed by atoms with Crippen LogP contribution in [0.1, 0.15) is 24.1 Å². The van der Waals surface area contributed by atoms with Crippen LogP contribution < -0.4 is 5.73 Å². The number of nitrogens with zero attached hydrogens (tertiary/aromatic N) is 3. The maximum Gasteiger partial charge on any atom is 0.140 e. The van der Waals surface area contributed by atoms with Crippen molar-refractivity contribution in [3.05, 3.63) is 54.1 Å². The number of aromatic nitrogens is 3. The van der Waals surface area contributed by atoms with Gasteiger partial charge in [0.15, 0.2) is 0 Å². The van der Waals surface area contributed by atoms with Gasteiger partial charge in [0.05, 0.1) is 16.4 Å². The monoisotopic (exact) mass is 296 g/mol. The molecule has 0 aliphatic carbocycles. The van der Waals surface area contributed by atoms with Gasteiger partial charge in [-0.1, -0.05) is 25.2 Å². The van der Waals surface area contributed by atoms with Gasteiger partial charge < -0.3 is 10.1 Å². The summed E-state index contributed by atoms with van der Waals surface area (Å²) in [7, 11) is 0. The van der Waals surface area contributed by atoms with Gasteiger partial charge in [-0.25, -0.2) is 4.98 Å². The first-order valence-electron chi connectivity index (χ1n) is 6.77. The van der Waals surface area contributed by atoms with Gasteiger partial charge in [0.25, 0.3) is 0 Å². The van der Waals surface area contributed by atoms with Gasteiger partial charge in [-0.3, -0.25) is 4.98 Å². The van der Waals surface area contributed by atoms with Crippen LogP contribution in [0.25, 0.3) is 16.9 Å². The number of thiocarbonyl (C=S) groups is 1. The quantitative estimate of drug-likeness (QED) is 0.755.